The predicted octanol–water partition coefficient (Wildman–Crippen LogP) is 1.39. The Hall–Kier alpha value is -1.29. The van der Waals surface area contributed by atoms with E-state index in [2.05, 4.69) is 16.0 Å². The molecule has 0 amide bonds. The Bertz CT molecular complexity index is 154. The summed E-state index contributed by atoms with van der Waals surface area (Å²) in [7, 11) is 0. The van der Waals surface area contributed by atoms with Gasteiger partial charge in [0.15, 0.2) is 0 Å². The molecule has 0 atom stereocenters. The Morgan fingerprint density at radius 3 is 1.17 bits per heavy atom. The lowest BCUT2D eigenvalue weighted by Crippen LogP contribution is -2.05. The lowest BCUT2D eigenvalue weighted by atomic mass is 10.7. The molecule has 0 aromatic rings. The van der Waals surface area contributed by atoms with E-state index in [-0.39, 0.29) is 0 Å². The fraction of sp³-hybridized carbons (Fsp3) is 0. The van der Waals surface area contributed by atoms with Gasteiger partial charge >= 0.3 is 0 Å². The SMILES string of the molecule is C1=CNC=CN1.C1=CSC=CN1. The van der Waals surface area contributed by atoms with Crippen LogP contribution in [-0.2, 0) is 0 Å². The van der Waals surface area contributed by atoms with E-state index in [4.69, 9.17) is 0 Å². The van der Waals surface area contributed by atoms with Crippen molar-refractivity contribution in [2.45, 2.75) is 0 Å². The Labute approximate surface area is 76.3 Å². The zero-order valence-electron chi connectivity index (χ0n) is 6.53. The van der Waals surface area contributed by atoms with Crippen molar-refractivity contribution >= 4 is 11.8 Å². The van der Waals surface area contributed by atoms with Crippen molar-refractivity contribution in [3.8, 4) is 0 Å². The maximum Gasteiger partial charge on any atom is 0.0167 e. The summed E-state index contributed by atoms with van der Waals surface area (Å²) in [5, 5.41) is 12.6. The second-order valence-electron chi connectivity index (χ2n) is 1.91. The average Bonchev–Trinajstić information content (AvgIpc) is 2.24. The number of nitrogens with one attached hydrogen (secondary N) is 3. The smallest absolute Gasteiger partial charge is 0.0167 e. The molecule has 2 rings (SSSR count). The van der Waals surface area contributed by atoms with E-state index in [1.165, 1.54) is 0 Å². The highest BCUT2D eigenvalue weighted by molar-refractivity contribution is 8.04. The fourth-order valence-corrected chi connectivity index (χ4v) is 0.967. The minimum absolute atomic E-state index is 1.67. The summed E-state index contributed by atoms with van der Waals surface area (Å²) in [5.41, 5.74) is 0. The van der Waals surface area contributed by atoms with Crippen LogP contribution in [0.4, 0.5) is 0 Å². The highest BCUT2D eigenvalue weighted by atomic mass is 32.2. The molecule has 3 nitrogen and oxygen atoms in total. The molecule has 0 bridgehead atoms. The molecular formula is C8H11N3S. The minimum Gasteiger partial charge on any atom is -0.367 e. The maximum atomic E-state index is 2.90. The molecule has 0 spiro atoms. The quantitative estimate of drug-likeness (QED) is 0.528. The van der Waals surface area contributed by atoms with Gasteiger partial charge in [-0.2, -0.15) is 0 Å². The summed E-state index contributed by atoms with van der Waals surface area (Å²) in [4.78, 5) is 0. The van der Waals surface area contributed by atoms with Crippen LogP contribution in [0, 0.1) is 0 Å². The first-order valence-electron chi connectivity index (χ1n) is 3.54. The molecule has 0 saturated heterocycles. The van der Waals surface area contributed by atoms with Crippen molar-refractivity contribution < 1.29 is 0 Å². The normalized spacial score (nSPS) is 16.7. The van der Waals surface area contributed by atoms with E-state index in [0.29, 0.717) is 0 Å². The van der Waals surface area contributed by atoms with Crippen molar-refractivity contribution in [1.29, 1.82) is 0 Å². The Kier molecular flexibility index (Phi) is 4.71. The Balaban J connectivity index is 0.000000120. The van der Waals surface area contributed by atoms with Gasteiger partial charge in [-0.25, -0.2) is 0 Å². The van der Waals surface area contributed by atoms with E-state index in [9.17, 15) is 0 Å². The summed E-state index contributed by atoms with van der Waals surface area (Å²) in [5.74, 6) is 0. The number of thioether (sulfide) groups is 1. The first kappa shape index (κ1) is 8.80. The summed E-state index contributed by atoms with van der Waals surface area (Å²) < 4.78 is 0. The molecule has 0 aliphatic carbocycles. The molecule has 3 N–H and O–H groups in total. The summed E-state index contributed by atoms with van der Waals surface area (Å²) in [6.07, 6.45) is 11.1. The highest BCUT2D eigenvalue weighted by Gasteiger charge is 1.73. The second-order valence-corrected chi connectivity index (χ2v) is 2.72. The van der Waals surface area contributed by atoms with Crippen molar-refractivity contribution in [2.75, 3.05) is 0 Å². The molecule has 0 aromatic carbocycles. The molecule has 0 unspecified atom stereocenters. The maximum absolute atomic E-state index is 2.90. The molecule has 2 heterocycles. The van der Waals surface area contributed by atoms with Crippen LogP contribution < -0.4 is 16.0 Å². The molecule has 12 heavy (non-hydrogen) atoms. The molecule has 0 aromatic heterocycles. The molecule has 0 radical (unpaired) electrons. The van der Waals surface area contributed by atoms with Crippen LogP contribution in [0.15, 0.2) is 48.0 Å². The highest BCUT2D eigenvalue weighted by Crippen LogP contribution is 2.04. The lowest BCUT2D eigenvalue weighted by molar-refractivity contribution is 1.04. The third-order valence-corrected chi connectivity index (χ3v) is 1.62. The van der Waals surface area contributed by atoms with E-state index in [1.54, 1.807) is 11.8 Å². The molecule has 64 valence electrons. The molecule has 0 fully saturated rings. The first-order valence-corrected chi connectivity index (χ1v) is 4.48. The number of hydrogen-bond donors (Lipinski definition) is 3. The third kappa shape index (κ3) is 4.51. The van der Waals surface area contributed by atoms with Gasteiger partial charge in [0, 0.05) is 37.2 Å². The van der Waals surface area contributed by atoms with E-state index >= 15 is 0 Å². The van der Waals surface area contributed by atoms with Crippen molar-refractivity contribution in [1.82, 2.24) is 16.0 Å². The summed E-state index contributed by atoms with van der Waals surface area (Å²) in [6.45, 7) is 0. The number of hydrogen-bond acceptors (Lipinski definition) is 4. The van der Waals surface area contributed by atoms with Crippen LogP contribution >= 0.6 is 11.8 Å². The predicted molar refractivity (Wildman–Crippen MR) is 53.6 cm³/mol. The largest absolute Gasteiger partial charge is 0.367 e. The summed E-state index contributed by atoms with van der Waals surface area (Å²) >= 11 is 1.67. The fourth-order valence-electron chi connectivity index (χ4n) is 0.562. The second kappa shape index (κ2) is 6.42. The van der Waals surface area contributed by atoms with Crippen molar-refractivity contribution in [3.05, 3.63) is 48.0 Å². The van der Waals surface area contributed by atoms with Crippen molar-refractivity contribution in [2.24, 2.45) is 0 Å². The van der Waals surface area contributed by atoms with E-state index < -0.39 is 0 Å². The standard InChI is InChI=1S/C4H6N2.C4H5NS/c1-2-6-4-3-5-1;1-3-6-4-2-5-1/h1-6H;1-5H. The summed E-state index contributed by atoms with van der Waals surface area (Å²) in [6, 6.07) is 0. The topological polar surface area (TPSA) is 36.1 Å². The molecule has 0 saturated carbocycles. The first-order chi connectivity index (χ1) is 6.00. The zero-order chi connectivity index (χ0) is 8.49. The van der Waals surface area contributed by atoms with Crippen LogP contribution in [0.2, 0.25) is 0 Å². The zero-order valence-corrected chi connectivity index (χ0v) is 7.34. The van der Waals surface area contributed by atoms with Gasteiger partial charge in [0.2, 0.25) is 0 Å². The minimum atomic E-state index is 1.67. The monoisotopic (exact) mass is 181 g/mol. The molecule has 2 aliphatic heterocycles. The van der Waals surface area contributed by atoms with Crippen molar-refractivity contribution in [3.63, 3.8) is 0 Å². The van der Waals surface area contributed by atoms with E-state index in [1.807, 2.05) is 48.0 Å². The van der Waals surface area contributed by atoms with Gasteiger partial charge in [-0.3, -0.25) is 0 Å². The Morgan fingerprint density at radius 2 is 1.00 bits per heavy atom. The van der Waals surface area contributed by atoms with Crippen LogP contribution in [0.5, 0.6) is 0 Å². The van der Waals surface area contributed by atoms with Gasteiger partial charge in [0.05, 0.1) is 0 Å². The van der Waals surface area contributed by atoms with Gasteiger partial charge in [0.25, 0.3) is 0 Å². The van der Waals surface area contributed by atoms with Crippen LogP contribution in [0.25, 0.3) is 0 Å². The van der Waals surface area contributed by atoms with Crippen LogP contribution in [-0.4, -0.2) is 0 Å². The van der Waals surface area contributed by atoms with Gasteiger partial charge in [-0.05, 0) is 10.8 Å². The van der Waals surface area contributed by atoms with Gasteiger partial charge in [-0.1, -0.05) is 0 Å². The average molecular weight is 181 g/mol. The Morgan fingerprint density at radius 1 is 0.583 bits per heavy atom. The van der Waals surface area contributed by atoms with Crippen LogP contribution in [0.3, 0.4) is 0 Å². The lowest BCUT2D eigenvalue weighted by Gasteiger charge is -1.95. The molecule has 4 heteroatoms. The molecular weight excluding hydrogens is 170 g/mol. The van der Waals surface area contributed by atoms with E-state index in [0.717, 1.165) is 0 Å². The van der Waals surface area contributed by atoms with Gasteiger partial charge < -0.3 is 16.0 Å². The third-order valence-electron chi connectivity index (χ3n) is 1.04. The van der Waals surface area contributed by atoms with Gasteiger partial charge in [0.1, 0.15) is 0 Å². The van der Waals surface area contributed by atoms with Gasteiger partial charge in [-0.15, -0.1) is 11.8 Å². The number of rotatable bonds is 0. The van der Waals surface area contributed by atoms with Crippen LogP contribution in [0.1, 0.15) is 0 Å². The molecule has 2 aliphatic rings.